The molecule has 0 spiro atoms. The number of aliphatic carboxylic acids is 1. The lowest BCUT2D eigenvalue weighted by atomic mass is 10.2. The summed E-state index contributed by atoms with van der Waals surface area (Å²) in [6.07, 6.45) is 0.906. The fourth-order valence-electron chi connectivity index (χ4n) is 2.99. The molecule has 1 saturated heterocycles. The summed E-state index contributed by atoms with van der Waals surface area (Å²) in [6, 6.07) is 1.91. The molecule has 2 N–H and O–H groups in total. The molecular formula is C15H22N4O4. The Hall–Kier alpha value is -1.93. The molecule has 2 aliphatic heterocycles. The number of carboxylic acids is 1. The third-order valence-electron chi connectivity index (χ3n) is 4.17. The second-order valence-corrected chi connectivity index (χ2v) is 5.92. The summed E-state index contributed by atoms with van der Waals surface area (Å²) in [4.78, 5) is 25.1. The van der Waals surface area contributed by atoms with Crippen molar-refractivity contribution < 1.29 is 19.4 Å². The Morgan fingerprint density at radius 2 is 2.30 bits per heavy atom. The molecule has 2 aliphatic rings. The lowest BCUT2D eigenvalue weighted by Gasteiger charge is -2.28. The number of hydrogen-bond acceptors (Lipinski definition) is 5. The molecule has 8 heteroatoms. The molecule has 0 saturated carbocycles. The van der Waals surface area contributed by atoms with Crippen molar-refractivity contribution in [1.82, 2.24) is 20.0 Å². The molecule has 1 amide bonds. The van der Waals surface area contributed by atoms with Gasteiger partial charge in [-0.3, -0.25) is 14.3 Å². The SMILES string of the molecule is O=C(O)CCc1cc2n(n1)CCCN(C(=O)C1CNCCO1)C2. The summed E-state index contributed by atoms with van der Waals surface area (Å²) < 4.78 is 7.44. The Morgan fingerprint density at radius 3 is 3.04 bits per heavy atom. The van der Waals surface area contributed by atoms with Crippen LogP contribution in [0, 0.1) is 0 Å². The van der Waals surface area contributed by atoms with E-state index in [0.717, 1.165) is 30.9 Å². The van der Waals surface area contributed by atoms with Crippen LogP contribution in [0.2, 0.25) is 0 Å². The van der Waals surface area contributed by atoms with E-state index >= 15 is 0 Å². The van der Waals surface area contributed by atoms with Gasteiger partial charge in [0.1, 0.15) is 6.10 Å². The highest BCUT2D eigenvalue weighted by Gasteiger charge is 2.28. The summed E-state index contributed by atoms with van der Waals surface area (Å²) in [5.74, 6) is -0.814. The van der Waals surface area contributed by atoms with Crippen LogP contribution in [0.25, 0.3) is 0 Å². The smallest absolute Gasteiger partial charge is 0.303 e. The van der Waals surface area contributed by atoms with E-state index in [9.17, 15) is 9.59 Å². The monoisotopic (exact) mass is 322 g/mol. The summed E-state index contributed by atoms with van der Waals surface area (Å²) in [5, 5.41) is 16.4. The van der Waals surface area contributed by atoms with Gasteiger partial charge in [0.05, 0.1) is 31.0 Å². The minimum Gasteiger partial charge on any atom is -0.481 e. The van der Waals surface area contributed by atoms with Crippen LogP contribution in [-0.2, 0) is 33.8 Å². The molecule has 23 heavy (non-hydrogen) atoms. The highest BCUT2D eigenvalue weighted by molar-refractivity contribution is 5.81. The lowest BCUT2D eigenvalue weighted by molar-refractivity contribution is -0.145. The number of carboxylic acid groups (broad SMARTS) is 1. The standard InChI is InChI=1S/C15H22N4O4/c20-14(21)3-2-11-8-12-10-18(5-1-6-19(12)17-11)15(22)13-9-16-4-7-23-13/h8,13,16H,1-7,9-10H2,(H,20,21). The zero-order chi connectivity index (χ0) is 16.2. The summed E-state index contributed by atoms with van der Waals surface area (Å²) in [5.41, 5.74) is 1.73. The fourth-order valence-corrected chi connectivity index (χ4v) is 2.99. The molecule has 1 aromatic heterocycles. The number of carbonyl (C=O) groups excluding carboxylic acids is 1. The van der Waals surface area contributed by atoms with Crippen molar-refractivity contribution in [3.63, 3.8) is 0 Å². The van der Waals surface area contributed by atoms with Crippen LogP contribution in [0.1, 0.15) is 24.2 Å². The maximum atomic E-state index is 12.6. The van der Waals surface area contributed by atoms with E-state index in [-0.39, 0.29) is 12.3 Å². The van der Waals surface area contributed by atoms with Crippen molar-refractivity contribution in [2.75, 3.05) is 26.2 Å². The Bertz CT molecular complexity index is 580. The summed E-state index contributed by atoms with van der Waals surface area (Å²) in [6.45, 7) is 3.82. The Morgan fingerprint density at radius 1 is 1.43 bits per heavy atom. The maximum Gasteiger partial charge on any atom is 0.303 e. The maximum absolute atomic E-state index is 12.6. The molecule has 0 aliphatic carbocycles. The van der Waals surface area contributed by atoms with Crippen molar-refractivity contribution in [2.45, 2.75) is 38.5 Å². The predicted molar refractivity (Wildman–Crippen MR) is 80.8 cm³/mol. The van der Waals surface area contributed by atoms with Gasteiger partial charge >= 0.3 is 5.97 Å². The molecule has 1 atom stereocenters. The minimum atomic E-state index is -0.827. The number of morpholine rings is 1. The van der Waals surface area contributed by atoms with Crippen molar-refractivity contribution >= 4 is 11.9 Å². The summed E-state index contributed by atoms with van der Waals surface area (Å²) >= 11 is 0. The van der Waals surface area contributed by atoms with Gasteiger partial charge in [-0.05, 0) is 12.5 Å². The molecular weight excluding hydrogens is 300 g/mol. The van der Waals surface area contributed by atoms with Crippen molar-refractivity contribution in [3.05, 3.63) is 17.5 Å². The second kappa shape index (κ2) is 7.10. The van der Waals surface area contributed by atoms with Gasteiger partial charge in [-0.15, -0.1) is 0 Å². The number of fused-ring (bicyclic) bond motifs is 1. The van der Waals surface area contributed by atoms with Crippen LogP contribution < -0.4 is 5.32 Å². The van der Waals surface area contributed by atoms with Crippen molar-refractivity contribution in [1.29, 1.82) is 0 Å². The first-order chi connectivity index (χ1) is 11.1. The zero-order valence-corrected chi connectivity index (χ0v) is 13.0. The Kier molecular flexibility index (Phi) is 4.92. The van der Waals surface area contributed by atoms with E-state index in [1.165, 1.54) is 0 Å². The predicted octanol–water partition coefficient (Wildman–Crippen LogP) is -0.379. The zero-order valence-electron chi connectivity index (χ0n) is 13.0. The number of ether oxygens (including phenoxy) is 1. The molecule has 1 aromatic rings. The van der Waals surface area contributed by atoms with Crippen LogP contribution in [0.15, 0.2) is 6.07 Å². The number of nitrogens with one attached hydrogen (secondary N) is 1. The van der Waals surface area contributed by atoms with E-state index in [1.54, 1.807) is 0 Å². The molecule has 3 rings (SSSR count). The highest BCUT2D eigenvalue weighted by Crippen LogP contribution is 2.16. The summed E-state index contributed by atoms with van der Waals surface area (Å²) in [7, 11) is 0. The van der Waals surface area contributed by atoms with Gasteiger partial charge in [0.2, 0.25) is 0 Å². The highest BCUT2D eigenvalue weighted by atomic mass is 16.5. The first-order valence-corrected chi connectivity index (χ1v) is 8.02. The molecule has 1 unspecified atom stereocenters. The van der Waals surface area contributed by atoms with Gasteiger partial charge in [-0.25, -0.2) is 0 Å². The number of hydrogen-bond donors (Lipinski definition) is 2. The van der Waals surface area contributed by atoms with Crippen LogP contribution >= 0.6 is 0 Å². The largest absolute Gasteiger partial charge is 0.481 e. The van der Waals surface area contributed by atoms with Crippen molar-refractivity contribution in [3.8, 4) is 0 Å². The van der Waals surface area contributed by atoms with Gasteiger partial charge in [0.15, 0.2) is 0 Å². The molecule has 3 heterocycles. The van der Waals surface area contributed by atoms with E-state index in [0.29, 0.717) is 32.7 Å². The number of aryl methyl sites for hydroxylation is 2. The number of amides is 1. The second-order valence-electron chi connectivity index (χ2n) is 5.92. The minimum absolute atomic E-state index is 0.0129. The fraction of sp³-hybridized carbons (Fsp3) is 0.667. The van der Waals surface area contributed by atoms with Gasteiger partial charge in [-0.1, -0.05) is 0 Å². The molecule has 126 valence electrons. The number of carbonyl (C=O) groups is 2. The molecule has 0 radical (unpaired) electrons. The van der Waals surface area contributed by atoms with E-state index in [2.05, 4.69) is 10.4 Å². The normalized spacial score (nSPS) is 21.6. The van der Waals surface area contributed by atoms with Gasteiger partial charge in [0.25, 0.3) is 5.91 Å². The Labute approximate surface area is 134 Å². The lowest BCUT2D eigenvalue weighted by Crippen LogP contribution is -2.49. The first-order valence-electron chi connectivity index (χ1n) is 8.02. The molecule has 0 bridgehead atoms. The average molecular weight is 322 g/mol. The van der Waals surface area contributed by atoms with Crippen LogP contribution in [0.5, 0.6) is 0 Å². The Balaban J connectivity index is 1.67. The van der Waals surface area contributed by atoms with Crippen LogP contribution in [0.3, 0.4) is 0 Å². The number of rotatable bonds is 4. The van der Waals surface area contributed by atoms with Crippen LogP contribution in [-0.4, -0.2) is 64.0 Å². The quantitative estimate of drug-likeness (QED) is 0.784. The van der Waals surface area contributed by atoms with Gasteiger partial charge in [0, 0.05) is 32.6 Å². The molecule has 8 nitrogen and oxygen atoms in total. The van der Waals surface area contributed by atoms with Crippen molar-refractivity contribution in [2.24, 2.45) is 0 Å². The van der Waals surface area contributed by atoms with E-state index in [1.807, 2.05) is 15.6 Å². The molecule has 0 aromatic carbocycles. The van der Waals surface area contributed by atoms with Crippen LogP contribution in [0.4, 0.5) is 0 Å². The number of nitrogens with zero attached hydrogens (tertiary/aromatic N) is 3. The topological polar surface area (TPSA) is 96.7 Å². The third kappa shape index (κ3) is 3.89. The van der Waals surface area contributed by atoms with E-state index in [4.69, 9.17) is 9.84 Å². The average Bonchev–Trinajstić information content (AvgIpc) is 2.83. The first kappa shape index (κ1) is 15.9. The number of aromatic nitrogens is 2. The van der Waals surface area contributed by atoms with Gasteiger partial charge in [-0.2, -0.15) is 5.10 Å². The molecule has 1 fully saturated rings. The third-order valence-corrected chi connectivity index (χ3v) is 4.17. The van der Waals surface area contributed by atoms with Gasteiger partial charge < -0.3 is 20.1 Å². The van der Waals surface area contributed by atoms with E-state index < -0.39 is 12.1 Å².